The third-order valence-electron chi connectivity index (χ3n) is 5.52. The number of halogens is 3. The zero-order chi connectivity index (χ0) is 23.8. The number of nitrogens with zero attached hydrogens (tertiary/aromatic N) is 4. The number of carbonyl (C=O) groups is 1. The average molecular weight is 458 g/mol. The molecule has 10 heteroatoms. The molecule has 0 aliphatic carbocycles. The van der Waals surface area contributed by atoms with Crippen LogP contribution < -0.4 is 11.2 Å². The molecular formula is C23H21F3N4O3. The molecule has 1 fully saturated rings. The first-order valence-corrected chi connectivity index (χ1v) is 10.4. The molecule has 0 unspecified atom stereocenters. The summed E-state index contributed by atoms with van der Waals surface area (Å²) in [6.45, 7) is 2.50. The number of likely N-dealkylation sites (tertiary alicyclic amines) is 1. The van der Waals surface area contributed by atoms with Crippen molar-refractivity contribution in [3.8, 4) is 5.69 Å². The van der Waals surface area contributed by atoms with E-state index in [4.69, 9.17) is 0 Å². The number of aryl methyl sites for hydroxylation is 1. The molecule has 0 saturated carbocycles. The van der Waals surface area contributed by atoms with Crippen molar-refractivity contribution < 1.29 is 18.0 Å². The molecule has 0 N–H and O–H groups in total. The van der Waals surface area contributed by atoms with Gasteiger partial charge in [-0.1, -0.05) is 24.3 Å². The van der Waals surface area contributed by atoms with Crippen LogP contribution in [-0.2, 0) is 12.7 Å². The fourth-order valence-electron chi connectivity index (χ4n) is 3.77. The largest absolute Gasteiger partial charge is 0.416 e. The summed E-state index contributed by atoms with van der Waals surface area (Å²) in [6.07, 6.45) is -2.88. The van der Waals surface area contributed by atoms with E-state index in [0.717, 1.165) is 39.8 Å². The van der Waals surface area contributed by atoms with Gasteiger partial charge >= 0.3 is 11.9 Å². The molecule has 1 aromatic heterocycles. The summed E-state index contributed by atoms with van der Waals surface area (Å²) in [6, 6.07) is 11.0. The maximum atomic E-state index is 13.2. The van der Waals surface area contributed by atoms with Crippen molar-refractivity contribution in [1.29, 1.82) is 0 Å². The lowest BCUT2D eigenvalue weighted by atomic mass is 10.1. The summed E-state index contributed by atoms with van der Waals surface area (Å²) in [4.78, 5) is 40.8. The molecule has 0 radical (unpaired) electrons. The smallest absolute Gasteiger partial charge is 0.337 e. The average Bonchev–Trinajstić information content (AvgIpc) is 3.31. The van der Waals surface area contributed by atoms with E-state index < -0.39 is 34.6 Å². The summed E-state index contributed by atoms with van der Waals surface area (Å²) in [7, 11) is 0. The molecule has 2 aromatic carbocycles. The molecule has 0 spiro atoms. The molecule has 172 valence electrons. The van der Waals surface area contributed by atoms with Gasteiger partial charge in [0.05, 0.1) is 17.8 Å². The maximum absolute atomic E-state index is 13.2. The lowest BCUT2D eigenvalue weighted by molar-refractivity contribution is -0.137. The Kier molecular flexibility index (Phi) is 5.92. The second kappa shape index (κ2) is 8.68. The standard InChI is InChI=1S/C23H21F3N4O3/c1-15-5-4-6-18(13-15)30-22(33)29(14-16-7-9-17(10-8-16)23(24,25)26)21(32)19(27-30)20(31)28-11-2-3-12-28/h4-10,13H,2-3,11-12,14H2,1H3. The minimum Gasteiger partial charge on any atom is -0.337 e. The van der Waals surface area contributed by atoms with E-state index in [1.807, 2.05) is 13.0 Å². The van der Waals surface area contributed by atoms with Gasteiger partial charge in [0, 0.05) is 13.1 Å². The normalized spacial score (nSPS) is 14.0. The highest BCUT2D eigenvalue weighted by Crippen LogP contribution is 2.29. The topological polar surface area (TPSA) is 77.2 Å². The van der Waals surface area contributed by atoms with E-state index in [2.05, 4.69) is 5.10 Å². The van der Waals surface area contributed by atoms with Crippen molar-refractivity contribution in [1.82, 2.24) is 19.2 Å². The fraction of sp³-hybridized carbons (Fsp3) is 0.304. The first-order chi connectivity index (χ1) is 15.6. The quantitative estimate of drug-likeness (QED) is 0.602. The maximum Gasteiger partial charge on any atom is 0.416 e. The van der Waals surface area contributed by atoms with Gasteiger partial charge in [-0.05, 0) is 55.2 Å². The van der Waals surface area contributed by atoms with Gasteiger partial charge in [-0.2, -0.15) is 23.0 Å². The van der Waals surface area contributed by atoms with Gasteiger partial charge in [0.1, 0.15) is 0 Å². The molecule has 7 nitrogen and oxygen atoms in total. The number of amides is 1. The Morgan fingerprint density at radius 2 is 1.70 bits per heavy atom. The summed E-state index contributed by atoms with van der Waals surface area (Å²) in [5.74, 6) is -0.569. The molecule has 0 atom stereocenters. The van der Waals surface area contributed by atoms with Gasteiger partial charge in [0.15, 0.2) is 0 Å². The van der Waals surface area contributed by atoms with Gasteiger partial charge in [0.25, 0.3) is 11.5 Å². The van der Waals surface area contributed by atoms with Crippen LogP contribution in [0.2, 0.25) is 0 Å². The number of aromatic nitrogens is 3. The van der Waals surface area contributed by atoms with E-state index in [9.17, 15) is 27.6 Å². The molecule has 1 aliphatic heterocycles. The number of hydrogen-bond donors (Lipinski definition) is 0. The molecular weight excluding hydrogens is 437 g/mol. The molecule has 2 heterocycles. The highest BCUT2D eigenvalue weighted by Gasteiger charge is 2.30. The predicted molar refractivity (Wildman–Crippen MR) is 115 cm³/mol. The van der Waals surface area contributed by atoms with E-state index in [0.29, 0.717) is 24.3 Å². The predicted octanol–water partition coefficient (Wildman–Crippen LogP) is 3.01. The van der Waals surface area contributed by atoms with Crippen molar-refractivity contribution in [2.24, 2.45) is 0 Å². The second-order valence-corrected chi connectivity index (χ2v) is 7.97. The van der Waals surface area contributed by atoms with Crippen LogP contribution in [0.15, 0.2) is 58.1 Å². The minimum atomic E-state index is -4.50. The van der Waals surface area contributed by atoms with Crippen molar-refractivity contribution in [2.75, 3.05) is 13.1 Å². The van der Waals surface area contributed by atoms with Crippen molar-refractivity contribution >= 4 is 5.91 Å². The molecule has 0 bridgehead atoms. The highest BCUT2D eigenvalue weighted by molar-refractivity contribution is 5.92. The van der Waals surface area contributed by atoms with E-state index >= 15 is 0 Å². The minimum absolute atomic E-state index is 0.301. The summed E-state index contributed by atoms with van der Waals surface area (Å²) < 4.78 is 40.5. The van der Waals surface area contributed by atoms with E-state index in [-0.39, 0.29) is 6.54 Å². The monoisotopic (exact) mass is 458 g/mol. The van der Waals surface area contributed by atoms with Gasteiger partial charge in [-0.3, -0.25) is 14.2 Å². The van der Waals surface area contributed by atoms with Crippen LogP contribution in [-0.4, -0.2) is 38.2 Å². The molecule has 1 aliphatic rings. The van der Waals surface area contributed by atoms with Gasteiger partial charge in [0.2, 0.25) is 5.69 Å². The number of alkyl halides is 3. The number of benzene rings is 2. The summed E-state index contributed by atoms with van der Waals surface area (Å²) >= 11 is 0. The third-order valence-corrected chi connectivity index (χ3v) is 5.52. The highest BCUT2D eigenvalue weighted by atomic mass is 19.4. The molecule has 4 rings (SSSR count). The zero-order valence-electron chi connectivity index (χ0n) is 17.8. The van der Waals surface area contributed by atoms with Crippen molar-refractivity contribution in [3.63, 3.8) is 0 Å². The Balaban J connectivity index is 1.83. The SMILES string of the molecule is Cc1cccc(-n2nc(C(=O)N3CCCC3)c(=O)n(Cc3ccc(C(F)(F)F)cc3)c2=O)c1. The number of carbonyl (C=O) groups excluding carboxylic acids is 1. The molecule has 1 amide bonds. The Morgan fingerprint density at radius 3 is 2.30 bits per heavy atom. The van der Waals surface area contributed by atoms with Crippen LogP contribution in [0, 0.1) is 6.92 Å². The first-order valence-electron chi connectivity index (χ1n) is 10.4. The molecule has 1 saturated heterocycles. The summed E-state index contributed by atoms with van der Waals surface area (Å²) in [5.41, 5.74) is -1.38. The summed E-state index contributed by atoms with van der Waals surface area (Å²) in [5, 5.41) is 4.11. The van der Waals surface area contributed by atoms with Crippen LogP contribution in [0.4, 0.5) is 13.2 Å². The van der Waals surface area contributed by atoms with Crippen LogP contribution in [0.3, 0.4) is 0 Å². The van der Waals surface area contributed by atoms with E-state index in [1.54, 1.807) is 18.2 Å². The lowest BCUT2D eigenvalue weighted by Gasteiger charge is -2.17. The van der Waals surface area contributed by atoms with Gasteiger partial charge in [-0.15, -0.1) is 0 Å². The third kappa shape index (κ3) is 4.59. The Bertz CT molecular complexity index is 1300. The first kappa shape index (κ1) is 22.5. The van der Waals surface area contributed by atoms with Crippen LogP contribution in [0.1, 0.15) is 40.0 Å². The Hall–Kier alpha value is -3.69. The molecule has 3 aromatic rings. The van der Waals surface area contributed by atoms with Gasteiger partial charge in [-0.25, -0.2) is 4.79 Å². The second-order valence-electron chi connectivity index (χ2n) is 7.97. The fourth-order valence-corrected chi connectivity index (χ4v) is 3.77. The number of hydrogen-bond acceptors (Lipinski definition) is 4. The Morgan fingerprint density at radius 1 is 1.03 bits per heavy atom. The lowest BCUT2D eigenvalue weighted by Crippen LogP contribution is -2.46. The molecule has 33 heavy (non-hydrogen) atoms. The van der Waals surface area contributed by atoms with Crippen LogP contribution in [0.5, 0.6) is 0 Å². The zero-order valence-corrected chi connectivity index (χ0v) is 17.8. The van der Waals surface area contributed by atoms with Crippen LogP contribution >= 0.6 is 0 Å². The van der Waals surface area contributed by atoms with E-state index in [1.165, 1.54) is 17.0 Å². The van der Waals surface area contributed by atoms with Crippen molar-refractivity contribution in [3.05, 3.63) is 91.8 Å². The Labute approximate surface area is 186 Å². The van der Waals surface area contributed by atoms with Crippen molar-refractivity contribution in [2.45, 2.75) is 32.5 Å². The van der Waals surface area contributed by atoms with Crippen LogP contribution in [0.25, 0.3) is 5.69 Å². The van der Waals surface area contributed by atoms with Gasteiger partial charge < -0.3 is 4.90 Å². The number of rotatable bonds is 4.